The number of rotatable bonds is 4. The molecule has 4 unspecified atom stereocenters. The molecule has 1 aliphatic carbocycles. The van der Waals surface area contributed by atoms with Gasteiger partial charge in [-0.05, 0) is 11.6 Å². The Morgan fingerprint density at radius 2 is 1.75 bits per heavy atom. The highest BCUT2D eigenvalue weighted by molar-refractivity contribution is 5.25. The average molecular weight is 346 g/mol. The third-order valence-corrected chi connectivity index (χ3v) is 4.73. The Morgan fingerprint density at radius 3 is 2.42 bits per heavy atom. The molecule has 1 fully saturated rings. The molecule has 136 valence electrons. The van der Waals surface area contributed by atoms with Crippen molar-refractivity contribution in [3.05, 3.63) is 24.0 Å². The van der Waals surface area contributed by atoms with Gasteiger partial charge < -0.3 is 44.8 Å². The number of aliphatic hydroxyl groups is 6. The quantitative estimate of drug-likeness (QED) is 0.297. The molecular weight excluding hydrogens is 324 g/mol. The molecule has 0 bridgehead atoms. The highest BCUT2D eigenvalue weighted by Gasteiger charge is 2.49. The third kappa shape index (κ3) is 2.98. The van der Waals surface area contributed by atoms with Crippen LogP contribution in [0.4, 0.5) is 0 Å². The van der Waals surface area contributed by atoms with E-state index in [1.807, 2.05) is 0 Å². The van der Waals surface area contributed by atoms with Gasteiger partial charge in [0.1, 0.15) is 24.4 Å². The van der Waals surface area contributed by atoms with Crippen LogP contribution < -0.4 is 0 Å². The van der Waals surface area contributed by atoms with Crippen LogP contribution in [0.2, 0.25) is 0 Å². The first-order valence-corrected chi connectivity index (χ1v) is 7.75. The zero-order chi connectivity index (χ0) is 17.4. The van der Waals surface area contributed by atoms with Crippen LogP contribution in [0.1, 0.15) is 0 Å². The fraction of sp³-hybridized carbons (Fsp3) is 0.733. The second-order valence-corrected chi connectivity index (χ2v) is 6.16. The zero-order valence-corrected chi connectivity index (χ0v) is 12.8. The van der Waals surface area contributed by atoms with E-state index in [0.29, 0.717) is 5.57 Å². The molecule has 1 saturated heterocycles. The van der Waals surface area contributed by atoms with Crippen LogP contribution in [0, 0.1) is 11.8 Å². The minimum absolute atomic E-state index is 0.288. The molecule has 24 heavy (non-hydrogen) atoms. The molecule has 0 spiro atoms. The van der Waals surface area contributed by atoms with Gasteiger partial charge in [-0.15, -0.1) is 0 Å². The summed E-state index contributed by atoms with van der Waals surface area (Å²) >= 11 is 0. The van der Waals surface area contributed by atoms with E-state index < -0.39 is 55.6 Å². The molecule has 2 aliphatic heterocycles. The lowest BCUT2D eigenvalue weighted by Crippen LogP contribution is -2.60. The molecule has 0 radical (unpaired) electrons. The van der Waals surface area contributed by atoms with E-state index >= 15 is 0 Å². The second-order valence-electron chi connectivity index (χ2n) is 6.16. The van der Waals surface area contributed by atoms with Crippen molar-refractivity contribution in [3.8, 4) is 0 Å². The first-order valence-electron chi connectivity index (χ1n) is 7.75. The summed E-state index contributed by atoms with van der Waals surface area (Å²) in [6.07, 6.45) is -4.27. The van der Waals surface area contributed by atoms with Gasteiger partial charge in [-0.3, -0.25) is 0 Å². The number of hydrogen-bond donors (Lipinski definition) is 6. The van der Waals surface area contributed by atoms with Gasteiger partial charge in [0.25, 0.3) is 0 Å². The minimum Gasteiger partial charge on any atom is -0.472 e. The highest BCUT2D eigenvalue weighted by Crippen LogP contribution is 2.40. The van der Waals surface area contributed by atoms with Gasteiger partial charge in [0.15, 0.2) is 6.29 Å². The predicted molar refractivity (Wildman–Crippen MR) is 77.0 cm³/mol. The number of fused-ring (bicyclic) bond motifs is 1. The third-order valence-electron chi connectivity index (χ3n) is 4.73. The molecule has 9 atom stereocenters. The van der Waals surface area contributed by atoms with E-state index in [9.17, 15) is 30.6 Å². The molecule has 0 aromatic rings. The second kappa shape index (κ2) is 7.06. The van der Waals surface area contributed by atoms with Crippen molar-refractivity contribution in [3.63, 3.8) is 0 Å². The first-order chi connectivity index (χ1) is 11.5. The zero-order valence-electron chi connectivity index (χ0n) is 12.8. The molecule has 0 amide bonds. The van der Waals surface area contributed by atoms with Crippen molar-refractivity contribution in [2.45, 2.75) is 43.1 Å². The van der Waals surface area contributed by atoms with E-state index in [2.05, 4.69) is 0 Å². The summed E-state index contributed by atoms with van der Waals surface area (Å²) in [6, 6.07) is 0. The van der Waals surface area contributed by atoms with Crippen molar-refractivity contribution in [2.24, 2.45) is 11.8 Å². The van der Waals surface area contributed by atoms with Gasteiger partial charge in [-0.1, -0.05) is 6.08 Å². The molecular formula is C15H22O9. The van der Waals surface area contributed by atoms with Crippen LogP contribution in [-0.2, 0) is 14.2 Å². The lowest BCUT2D eigenvalue weighted by Gasteiger charge is -2.42. The summed E-state index contributed by atoms with van der Waals surface area (Å²) in [7, 11) is 0. The Bertz CT molecular complexity index is 505. The van der Waals surface area contributed by atoms with Gasteiger partial charge in [0.05, 0.1) is 31.5 Å². The largest absolute Gasteiger partial charge is 0.472 e. The molecule has 9 nitrogen and oxygen atoms in total. The minimum atomic E-state index is -1.56. The molecule has 2 heterocycles. The molecule has 0 aromatic carbocycles. The maximum atomic E-state index is 10.0. The summed E-state index contributed by atoms with van der Waals surface area (Å²) in [5.41, 5.74) is 0.534. The Hall–Kier alpha value is -1.04. The fourth-order valence-corrected chi connectivity index (χ4v) is 3.38. The molecule has 6 N–H and O–H groups in total. The predicted octanol–water partition coefficient (Wildman–Crippen LogP) is -2.80. The molecule has 0 aromatic heterocycles. The van der Waals surface area contributed by atoms with Crippen LogP contribution >= 0.6 is 0 Å². The van der Waals surface area contributed by atoms with E-state index in [0.717, 1.165) is 0 Å². The first kappa shape index (κ1) is 17.8. The van der Waals surface area contributed by atoms with Crippen molar-refractivity contribution < 1.29 is 44.8 Å². The molecule has 3 aliphatic rings. The smallest absolute Gasteiger partial charge is 0.209 e. The Kier molecular flexibility index (Phi) is 5.23. The summed E-state index contributed by atoms with van der Waals surface area (Å²) in [5.74, 6) is -0.835. The van der Waals surface area contributed by atoms with Crippen LogP contribution in [0.3, 0.4) is 0 Å². The number of hydrogen-bond acceptors (Lipinski definition) is 9. The maximum absolute atomic E-state index is 10.0. The lowest BCUT2D eigenvalue weighted by molar-refractivity contribution is -0.339. The Morgan fingerprint density at radius 1 is 1.00 bits per heavy atom. The van der Waals surface area contributed by atoms with E-state index in [-0.39, 0.29) is 12.5 Å². The van der Waals surface area contributed by atoms with E-state index in [1.54, 1.807) is 6.08 Å². The Labute approximate surface area is 138 Å². The van der Waals surface area contributed by atoms with Gasteiger partial charge in [0, 0.05) is 5.92 Å². The molecule has 3 rings (SSSR count). The van der Waals surface area contributed by atoms with Gasteiger partial charge >= 0.3 is 0 Å². The maximum Gasteiger partial charge on any atom is 0.209 e. The monoisotopic (exact) mass is 346 g/mol. The van der Waals surface area contributed by atoms with E-state index in [4.69, 9.17) is 14.2 Å². The standard InChI is InChI=1S/C15H22O9/c16-4-6-3-8(18)7-1-2-22-14(10(6)7)24-15-13(21)12(20)11(19)9(5-17)23-15/h1-3,7-21H,4-5H2/t7?,8?,9-,10?,11-,12+,13-,14?,15+/m1/s1. The van der Waals surface area contributed by atoms with Crippen LogP contribution in [0.5, 0.6) is 0 Å². The molecule has 0 saturated carbocycles. The summed E-state index contributed by atoms with van der Waals surface area (Å²) in [6.45, 7) is -0.854. The van der Waals surface area contributed by atoms with Crippen LogP contribution in [-0.4, -0.2) is 87.0 Å². The number of aliphatic hydroxyl groups excluding tert-OH is 6. The summed E-state index contributed by atoms with van der Waals surface area (Å²) < 4.78 is 16.3. The van der Waals surface area contributed by atoms with Gasteiger partial charge in [-0.2, -0.15) is 0 Å². The van der Waals surface area contributed by atoms with Crippen LogP contribution in [0.25, 0.3) is 0 Å². The van der Waals surface area contributed by atoms with Gasteiger partial charge in [0.2, 0.25) is 6.29 Å². The lowest BCUT2D eigenvalue weighted by atomic mass is 9.88. The topological polar surface area (TPSA) is 149 Å². The van der Waals surface area contributed by atoms with Crippen LogP contribution in [0.15, 0.2) is 24.0 Å². The van der Waals surface area contributed by atoms with Crippen molar-refractivity contribution in [1.29, 1.82) is 0 Å². The molecule has 9 heteroatoms. The van der Waals surface area contributed by atoms with E-state index in [1.165, 1.54) is 12.3 Å². The summed E-state index contributed by atoms with van der Waals surface area (Å²) in [4.78, 5) is 0. The number of ether oxygens (including phenoxy) is 3. The fourth-order valence-electron chi connectivity index (χ4n) is 3.38. The normalized spacial score (nSPS) is 47.9. The van der Waals surface area contributed by atoms with Crippen molar-refractivity contribution in [1.82, 2.24) is 0 Å². The summed E-state index contributed by atoms with van der Waals surface area (Å²) in [5, 5.41) is 58.3. The average Bonchev–Trinajstić information content (AvgIpc) is 2.92. The van der Waals surface area contributed by atoms with Gasteiger partial charge in [-0.25, -0.2) is 0 Å². The van der Waals surface area contributed by atoms with Crippen molar-refractivity contribution in [2.75, 3.05) is 13.2 Å². The SMILES string of the molecule is OCC1=CC(O)C2C=COC(O[C@@H]3O[C@H](CO)[C@@H](O)[C@H](O)[C@H]3O)C12. The van der Waals surface area contributed by atoms with Crippen molar-refractivity contribution >= 4 is 0 Å². The Balaban J connectivity index is 1.75. The highest BCUT2D eigenvalue weighted by atomic mass is 16.8.